The van der Waals surface area contributed by atoms with E-state index in [0.29, 0.717) is 5.02 Å². The summed E-state index contributed by atoms with van der Waals surface area (Å²) >= 11 is 7.95. The van der Waals surface area contributed by atoms with Gasteiger partial charge in [-0.1, -0.05) is 23.4 Å². The number of hydrogen-bond acceptors (Lipinski definition) is 4. The molecule has 0 radical (unpaired) electrons. The maximum Gasteiger partial charge on any atom is 0.240 e. The molecule has 1 aliphatic heterocycles. The molecule has 1 aliphatic rings. The molecule has 31 heavy (non-hydrogen) atoms. The number of aromatic nitrogens is 1. The number of fused-ring (bicyclic) bond motifs is 2. The van der Waals surface area contributed by atoms with E-state index in [1.54, 1.807) is 18.9 Å². The number of thioether (sulfide) groups is 1. The van der Waals surface area contributed by atoms with Gasteiger partial charge in [0.05, 0.1) is 23.2 Å². The van der Waals surface area contributed by atoms with Crippen LogP contribution in [0.25, 0.3) is 17.0 Å². The Kier molecular flexibility index (Phi) is 6.12. The van der Waals surface area contributed by atoms with Gasteiger partial charge in [0.25, 0.3) is 0 Å². The normalized spacial score (nSPS) is 14.4. The van der Waals surface area contributed by atoms with Crippen molar-refractivity contribution in [2.45, 2.75) is 24.8 Å². The maximum absolute atomic E-state index is 12.6. The third-order valence-electron chi connectivity index (χ3n) is 5.10. The topological polar surface area (TPSA) is 45.5 Å². The minimum Gasteiger partial charge on any atom is -0.497 e. The zero-order chi connectivity index (χ0) is 22.1. The highest BCUT2D eigenvalue weighted by Crippen LogP contribution is 2.48. The first kappa shape index (κ1) is 21.5. The fourth-order valence-corrected chi connectivity index (χ4v) is 4.92. The van der Waals surface area contributed by atoms with Gasteiger partial charge in [-0.25, -0.2) is 4.57 Å². The molecule has 7 heteroatoms. The van der Waals surface area contributed by atoms with Crippen LogP contribution >= 0.6 is 23.4 Å². The number of halogens is 1. The molecule has 2 heterocycles. The molecule has 0 unspecified atom stereocenters. The Morgan fingerprint density at radius 1 is 1.26 bits per heavy atom. The Hall–Kier alpha value is -2.70. The molecule has 1 aromatic heterocycles. The summed E-state index contributed by atoms with van der Waals surface area (Å²) in [6, 6.07) is 14.0. The maximum atomic E-state index is 12.6. The zero-order valence-electron chi connectivity index (χ0n) is 18.0. The number of carbonyl (C=O) groups excluding carboxylic acids is 1. The van der Waals surface area contributed by atoms with Gasteiger partial charge in [0.1, 0.15) is 19.3 Å². The monoisotopic (exact) mass is 454 g/mol. The van der Waals surface area contributed by atoms with Crippen molar-refractivity contribution < 1.29 is 14.1 Å². The van der Waals surface area contributed by atoms with Gasteiger partial charge in [0.2, 0.25) is 11.4 Å². The number of nitrogens with zero attached hydrogens (tertiary/aromatic N) is 2. The smallest absolute Gasteiger partial charge is 0.240 e. The Balaban J connectivity index is 1.80. The van der Waals surface area contributed by atoms with Gasteiger partial charge in [0.15, 0.2) is 6.20 Å². The molecule has 0 saturated heterocycles. The van der Waals surface area contributed by atoms with Gasteiger partial charge in [0, 0.05) is 34.2 Å². The van der Waals surface area contributed by atoms with Gasteiger partial charge in [-0.05, 0) is 49.8 Å². The fourth-order valence-electron chi connectivity index (χ4n) is 3.66. The van der Waals surface area contributed by atoms with Crippen molar-refractivity contribution in [3.63, 3.8) is 0 Å². The number of ether oxygens (including phenoxy) is 1. The van der Waals surface area contributed by atoms with Gasteiger partial charge >= 0.3 is 0 Å². The molecular weight excluding hydrogens is 430 g/mol. The highest BCUT2D eigenvalue weighted by molar-refractivity contribution is 8.03. The third-order valence-corrected chi connectivity index (χ3v) is 6.44. The summed E-state index contributed by atoms with van der Waals surface area (Å²) in [6.07, 6.45) is 4.16. The van der Waals surface area contributed by atoms with Crippen molar-refractivity contribution in [2.24, 2.45) is 7.05 Å². The second-order valence-corrected chi connectivity index (χ2v) is 9.27. The summed E-state index contributed by atoms with van der Waals surface area (Å²) in [4.78, 5) is 15.8. The quantitative estimate of drug-likeness (QED) is 0.564. The first-order valence-corrected chi connectivity index (χ1v) is 11.3. The van der Waals surface area contributed by atoms with Crippen molar-refractivity contribution >= 4 is 51.9 Å². The Labute approximate surface area is 191 Å². The molecule has 2 aromatic carbocycles. The van der Waals surface area contributed by atoms with Crippen LogP contribution in [0, 0.1) is 0 Å². The molecule has 0 fully saturated rings. The second kappa shape index (κ2) is 8.81. The van der Waals surface area contributed by atoms with E-state index in [0.717, 1.165) is 37.8 Å². The number of benzene rings is 2. The molecule has 0 atom stereocenters. The Morgan fingerprint density at radius 2 is 2.06 bits per heavy atom. The molecule has 0 bridgehead atoms. The van der Waals surface area contributed by atoms with E-state index in [4.69, 9.17) is 16.3 Å². The van der Waals surface area contributed by atoms with Crippen LogP contribution in [0.1, 0.15) is 19.4 Å². The van der Waals surface area contributed by atoms with E-state index >= 15 is 0 Å². The van der Waals surface area contributed by atoms with Crippen LogP contribution < -0.4 is 19.5 Å². The average Bonchev–Trinajstić information content (AvgIpc) is 3.05. The number of anilines is 1. The van der Waals surface area contributed by atoms with E-state index in [1.165, 1.54) is 0 Å². The van der Waals surface area contributed by atoms with Crippen molar-refractivity contribution in [3.05, 3.63) is 64.3 Å². The lowest BCUT2D eigenvalue weighted by Gasteiger charge is -2.21. The first-order valence-electron chi connectivity index (χ1n) is 10.1. The summed E-state index contributed by atoms with van der Waals surface area (Å²) < 4.78 is 7.49. The van der Waals surface area contributed by atoms with Crippen molar-refractivity contribution in [2.75, 3.05) is 18.6 Å². The van der Waals surface area contributed by atoms with Crippen molar-refractivity contribution in [3.8, 4) is 5.75 Å². The summed E-state index contributed by atoms with van der Waals surface area (Å²) in [5, 5.41) is 5.73. The molecule has 0 aliphatic carbocycles. The van der Waals surface area contributed by atoms with E-state index in [2.05, 4.69) is 22.0 Å². The summed E-state index contributed by atoms with van der Waals surface area (Å²) in [6.45, 7) is 4.16. The van der Waals surface area contributed by atoms with Crippen LogP contribution in [0.2, 0.25) is 5.02 Å². The molecule has 0 saturated carbocycles. The number of rotatable bonds is 5. The fraction of sp³-hybridized carbons (Fsp3) is 0.250. The lowest BCUT2D eigenvalue weighted by Crippen LogP contribution is -2.38. The molecule has 160 valence electrons. The Morgan fingerprint density at radius 3 is 2.81 bits per heavy atom. The summed E-state index contributed by atoms with van der Waals surface area (Å²) in [5.74, 6) is 0.739. The number of carbonyl (C=O) groups is 1. The second-order valence-electron chi connectivity index (χ2n) is 7.77. The van der Waals surface area contributed by atoms with E-state index < -0.39 is 0 Å². The number of aryl methyl sites for hydroxylation is 1. The number of nitrogens with one attached hydrogen (secondary N) is 1. The molecule has 5 nitrogen and oxygen atoms in total. The van der Waals surface area contributed by atoms with Crippen LogP contribution in [0.4, 0.5) is 5.69 Å². The van der Waals surface area contributed by atoms with Gasteiger partial charge in [-0.2, -0.15) is 0 Å². The van der Waals surface area contributed by atoms with Gasteiger partial charge in [-0.15, -0.1) is 0 Å². The zero-order valence-corrected chi connectivity index (χ0v) is 19.6. The predicted molar refractivity (Wildman–Crippen MR) is 128 cm³/mol. The van der Waals surface area contributed by atoms with Gasteiger partial charge in [-0.3, -0.25) is 4.79 Å². The van der Waals surface area contributed by atoms with Crippen LogP contribution in [0.3, 0.4) is 0 Å². The molecule has 1 N–H and O–H groups in total. The largest absolute Gasteiger partial charge is 0.497 e. The SMILES string of the molecule is COc1ccc2c(c1)N(CC(=O)NC(C)C)/C(=C/c1cc[n+](C)c3ccc(Cl)cc13)S2. The van der Waals surface area contributed by atoms with Crippen LogP contribution in [0.15, 0.2) is 58.6 Å². The average molecular weight is 455 g/mol. The van der Waals surface area contributed by atoms with Gasteiger partial charge < -0.3 is 15.0 Å². The van der Waals surface area contributed by atoms with Crippen LogP contribution in [-0.4, -0.2) is 25.6 Å². The van der Waals surface area contributed by atoms with E-state index in [9.17, 15) is 4.79 Å². The number of hydrogen-bond donors (Lipinski definition) is 1. The number of amides is 1. The highest BCUT2D eigenvalue weighted by Gasteiger charge is 2.28. The van der Waals surface area contributed by atoms with Crippen LogP contribution in [-0.2, 0) is 11.8 Å². The molecule has 1 amide bonds. The lowest BCUT2D eigenvalue weighted by atomic mass is 10.1. The Bertz CT molecular complexity index is 1190. The lowest BCUT2D eigenvalue weighted by molar-refractivity contribution is -0.644. The van der Waals surface area contributed by atoms with E-state index in [1.807, 2.05) is 68.4 Å². The molecular formula is C24H25ClN3O2S+. The standard InChI is InChI=1S/C24H24ClN3O2S/c1-15(2)26-23(29)14-28-21-13-18(30-4)6-8-22(21)31-24(28)11-16-9-10-27(3)20-7-5-17(25)12-19(16)20/h5-13,15H,14H2,1-4H3/p+1. The minimum absolute atomic E-state index is 0.0236. The predicted octanol–water partition coefficient (Wildman–Crippen LogP) is 4.76. The molecule has 0 spiro atoms. The minimum atomic E-state index is -0.0236. The number of pyridine rings is 1. The highest BCUT2D eigenvalue weighted by atomic mass is 35.5. The molecule has 3 aromatic rings. The third kappa shape index (κ3) is 4.50. The van der Waals surface area contributed by atoms with Crippen LogP contribution in [0.5, 0.6) is 5.75 Å². The summed E-state index contributed by atoms with van der Waals surface area (Å²) in [5.41, 5.74) is 3.11. The summed E-state index contributed by atoms with van der Waals surface area (Å²) in [7, 11) is 3.67. The van der Waals surface area contributed by atoms with Crippen molar-refractivity contribution in [1.82, 2.24) is 5.32 Å². The first-order chi connectivity index (χ1) is 14.9. The van der Waals surface area contributed by atoms with E-state index in [-0.39, 0.29) is 18.5 Å². The molecule has 4 rings (SSSR count). The van der Waals surface area contributed by atoms with Crippen molar-refractivity contribution in [1.29, 1.82) is 0 Å². The number of methoxy groups -OCH3 is 1.